The van der Waals surface area contributed by atoms with Crippen LogP contribution in [0.25, 0.3) is 0 Å². The molecule has 2 atom stereocenters. The highest BCUT2D eigenvalue weighted by Gasteiger charge is 2.47. The van der Waals surface area contributed by atoms with Crippen LogP contribution in [0.3, 0.4) is 0 Å². The van der Waals surface area contributed by atoms with Gasteiger partial charge in [-0.3, -0.25) is 4.79 Å². The van der Waals surface area contributed by atoms with Gasteiger partial charge in [-0.05, 0) is 26.8 Å². The summed E-state index contributed by atoms with van der Waals surface area (Å²) < 4.78 is 5.25. The van der Waals surface area contributed by atoms with Gasteiger partial charge in [0.1, 0.15) is 5.60 Å². The molecule has 1 N–H and O–H groups in total. The topological polar surface area (TPSA) is 58.6 Å². The Labute approximate surface area is 101 Å². The second-order valence-corrected chi connectivity index (χ2v) is 5.46. The normalized spacial score (nSPS) is 28.1. The summed E-state index contributed by atoms with van der Waals surface area (Å²) in [5, 5.41) is 3.18. The Hall–Kier alpha value is -1.36. The van der Waals surface area contributed by atoms with Crippen LogP contribution in [-0.4, -0.2) is 35.1 Å². The number of fused-ring (bicyclic) bond motifs is 1. The molecule has 2 heterocycles. The minimum Gasteiger partial charge on any atom is -0.443 e. The second kappa shape index (κ2) is 3.84. The third kappa shape index (κ3) is 2.07. The smallest absolute Gasteiger partial charge is 0.421 e. The van der Waals surface area contributed by atoms with Gasteiger partial charge in [0.2, 0.25) is 5.91 Å². The molecule has 5 heteroatoms. The van der Waals surface area contributed by atoms with Crippen molar-refractivity contribution >= 4 is 12.0 Å². The first kappa shape index (κ1) is 12.1. The maximum absolute atomic E-state index is 12.0. The van der Waals surface area contributed by atoms with E-state index in [4.69, 9.17) is 4.74 Å². The van der Waals surface area contributed by atoms with Gasteiger partial charge in [-0.25, -0.2) is 9.69 Å². The molecule has 0 aliphatic carbocycles. The minimum absolute atomic E-state index is 0.0463. The third-order valence-electron chi connectivity index (χ3n) is 2.91. The number of amides is 2. The van der Waals surface area contributed by atoms with Crippen molar-refractivity contribution in [3.8, 4) is 0 Å². The highest BCUT2D eigenvalue weighted by atomic mass is 16.6. The average molecular weight is 238 g/mol. The van der Waals surface area contributed by atoms with Crippen LogP contribution < -0.4 is 5.32 Å². The Balaban J connectivity index is 2.21. The first-order valence-corrected chi connectivity index (χ1v) is 5.81. The molecule has 0 aromatic heterocycles. The van der Waals surface area contributed by atoms with E-state index in [1.165, 1.54) is 4.90 Å². The summed E-state index contributed by atoms with van der Waals surface area (Å²) in [4.78, 5) is 25.1. The molecule has 2 amide bonds. The largest absolute Gasteiger partial charge is 0.443 e. The van der Waals surface area contributed by atoms with Gasteiger partial charge in [0, 0.05) is 12.2 Å². The predicted molar refractivity (Wildman–Crippen MR) is 62.1 cm³/mol. The number of likely N-dealkylation sites (tertiary alicyclic amines) is 1. The first-order chi connectivity index (χ1) is 7.81. The van der Waals surface area contributed by atoms with Crippen LogP contribution in [0, 0.1) is 5.92 Å². The summed E-state index contributed by atoms with van der Waals surface area (Å²) in [6.45, 7) is 7.87. The maximum atomic E-state index is 12.0. The van der Waals surface area contributed by atoms with E-state index in [1.54, 1.807) is 20.8 Å². The van der Waals surface area contributed by atoms with Crippen LogP contribution in [0.2, 0.25) is 0 Å². The summed E-state index contributed by atoms with van der Waals surface area (Å²) in [5.41, 5.74) is 0.141. The zero-order chi connectivity index (χ0) is 12.8. The number of nitrogens with one attached hydrogen (secondary N) is 1. The number of hydrogen-bond donors (Lipinski definition) is 1. The molecule has 2 aliphatic rings. The van der Waals surface area contributed by atoms with E-state index in [1.807, 2.05) is 13.0 Å². The highest BCUT2D eigenvalue weighted by Crippen LogP contribution is 2.32. The van der Waals surface area contributed by atoms with Crippen LogP contribution in [0.5, 0.6) is 0 Å². The summed E-state index contributed by atoms with van der Waals surface area (Å²) in [5.74, 6) is -0.404. The number of ether oxygens (including phenoxy) is 1. The molecule has 0 spiro atoms. The molecular weight excluding hydrogens is 220 g/mol. The molecule has 0 aromatic carbocycles. The average Bonchev–Trinajstić information content (AvgIpc) is 2.69. The lowest BCUT2D eigenvalue weighted by atomic mass is 10.1. The van der Waals surface area contributed by atoms with Crippen LogP contribution >= 0.6 is 0 Å². The molecule has 2 aliphatic heterocycles. The minimum atomic E-state index is -0.592. The van der Waals surface area contributed by atoms with Gasteiger partial charge in [0.15, 0.2) is 0 Å². The van der Waals surface area contributed by atoms with Gasteiger partial charge < -0.3 is 10.1 Å². The van der Waals surface area contributed by atoms with Crippen molar-refractivity contribution in [3.63, 3.8) is 0 Å². The van der Waals surface area contributed by atoms with E-state index < -0.39 is 11.7 Å². The molecule has 17 heavy (non-hydrogen) atoms. The fraction of sp³-hybridized carbons (Fsp3) is 0.667. The van der Waals surface area contributed by atoms with Gasteiger partial charge in [0.05, 0.1) is 12.0 Å². The molecule has 5 nitrogen and oxygen atoms in total. The van der Waals surface area contributed by atoms with Gasteiger partial charge in [0.25, 0.3) is 0 Å². The molecular formula is C12H18N2O3. The predicted octanol–water partition coefficient (Wildman–Crippen LogP) is 1.26. The van der Waals surface area contributed by atoms with E-state index in [9.17, 15) is 9.59 Å². The van der Waals surface area contributed by atoms with Crippen molar-refractivity contribution < 1.29 is 14.3 Å². The molecule has 2 rings (SSSR count). The second-order valence-electron chi connectivity index (χ2n) is 5.46. The number of carbonyl (C=O) groups excluding carboxylic acids is 2. The molecule has 1 fully saturated rings. The fourth-order valence-electron chi connectivity index (χ4n) is 2.16. The van der Waals surface area contributed by atoms with Crippen molar-refractivity contribution in [2.24, 2.45) is 5.92 Å². The summed E-state index contributed by atoms with van der Waals surface area (Å²) in [7, 11) is 0. The van der Waals surface area contributed by atoms with Gasteiger partial charge in [-0.2, -0.15) is 0 Å². The Bertz CT molecular complexity index is 395. The van der Waals surface area contributed by atoms with Gasteiger partial charge in [-0.1, -0.05) is 6.92 Å². The highest BCUT2D eigenvalue weighted by molar-refractivity contribution is 5.99. The van der Waals surface area contributed by atoms with Crippen molar-refractivity contribution in [3.05, 3.63) is 11.8 Å². The third-order valence-corrected chi connectivity index (χ3v) is 2.91. The lowest BCUT2D eigenvalue weighted by Gasteiger charge is -2.24. The van der Waals surface area contributed by atoms with Crippen LogP contribution in [0.4, 0.5) is 4.79 Å². The van der Waals surface area contributed by atoms with Crippen LogP contribution in [0.15, 0.2) is 11.8 Å². The van der Waals surface area contributed by atoms with Crippen LogP contribution in [-0.2, 0) is 9.53 Å². The Morgan fingerprint density at radius 1 is 1.53 bits per heavy atom. The van der Waals surface area contributed by atoms with E-state index in [0.29, 0.717) is 6.54 Å². The zero-order valence-corrected chi connectivity index (χ0v) is 10.6. The first-order valence-electron chi connectivity index (χ1n) is 5.81. The van der Waals surface area contributed by atoms with E-state index in [2.05, 4.69) is 5.32 Å². The van der Waals surface area contributed by atoms with Gasteiger partial charge in [-0.15, -0.1) is 0 Å². The van der Waals surface area contributed by atoms with E-state index >= 15 is 0 Å². The lowest BCUT2D eigenvalue weighted by molar-refractivity contribution is -0.129. The van der Waals surface area contributed by atoms with Crippen molar-refractivity contribution in [1.29, 1.82) is 0 Å². The number of rotatable bonds is 0. The van der Waals surface area contributed by atoms with Crippen molar-refractivity contribution in [2.75, 3.05) is 6.54 Å². The molecule has 0 saturated carbocycles. The van der Waals surface area contributed by atoms with E-state index in [-0.39, 0.29) is 17.9 Å². The number of nitrogens with zero attached hydrogens (tertiary/aromatic N) is 1. The quantitative estimate of drug-likeness (QED) is 0.690. The standard InChI is InChI=1S/C12H18N2O3/c1-7-9-8(5-6-13-9)14(10(7)15)11(16)17-12(2,3)4/h5,7,9,13H,6H2,1-4H3/t7-,9+/m0/s1. The number of carbonyl (C=O) groups is 2. The van der Waals surface area contributed by atoms with E-state index in [0.717, 1.165) is 5.70 Å². The monoisotopic (exact) mass is 238 g/mol. The molecule has 94 valence electrons. The lowest BCUT2D eigenvalue weighted by Crippen LogP contribution is -2.37. The maximum Gasteiger partial charge on any atom is 0.421 e. The van der Waals surface area contributed by atoms with Gasteiger partial charge >= 0.3 is 6.09 Å². The Kier molecular flexibility index (Phi) is 2.73. The summed E-state index contributed by atoms with van der Waals surface area (Å²) in [6, 6.07) is -0.0463. The Morgan fingerprint density at radius 2 is 2.18 bits per heavy atom. The van der Waals surface area contributed by atoms with Crippen molar-refractivity contribution in [1.82, 2.24) is 10.2 Å². The van der Waals surface area contributed by atoms with Crippen molar-refractivity contribution in [2.45, 2.75) is 39.3 Å². The number of hydrogen-bond acceptors (Lipinski definition) is 4. The SMILES string of the molecule is C[C@@H]1C(=O)N(C(=O)OC(C)(C)C)C2=CCN[C@@H]21. The molecule has 0 radical (unpaired) electrons. The number of imide groups is 1. The van der Waals surface area contributed by atoms with Crippen LogP contribution in [0.1, 0.15) is 27.7 Å². The fourth-order valence-corrected chi connectivity index (χ4v) is 2.16. The zero-order valence-electron chi connectivity index (χ0n) is 10.6. The Morgan fingerprint density at radius 3 is 2.76 bits per heavy atom. The summed E-state index contributed by atoms with van der Waals surface area (Å²) in [6.07, 6.45) is 1.29. The molecule has 0 aromatic rings. The molecule has 0 unspecified atom stereocenters. The molecule has 0 bridgehead atoms. The molecule has 1 saturated heterocycles. The summed E-state index contributed by atoms with van der Waals surface area (Å²) >= 11 is 0.